The van der Waals surface area contributed by atoms with E-state index in [4.69, 9.17) is 11.6 Å². The zero-order valence-corrected chi connectivity index (χ0v) is 17.1. The highest BCUT2D eigenvalue weighted by atomic mass is 35.5. The average molecular weight is 406 g/mol. The van der Waals surface area contributed by atoms with Gasteiger partial charge in [0.15, 0.2) is 0 Å². The number of nitrogens with zero attached hydrogens (tertiary/aromatic N) is 2. The van der Waals surface area contributed by atoms with Crippen LogP contribution in [0.15, 0.2) is 24.3 Å². The van der Waals surface area contributed by atoms with Crippen molar-refractivity contribution in [3.05, 3.63) is 34.9 Å². The highest BCUT2D eigenvalue weighted by Crippen LogP contribution is 2.22. The van der Waals surface area contributed by atoms with Crippen LogP contribution in [0, 0.1) is 5.92 Å². The first-order chi connectivity index (χ1) is 13.5. The molecule has 0 aromatic heterocycles. The first-order valence-electron chi connectivity index (χ1n) is 10.1. The molecule has 3 amide bonds. The summed E-state index contributed by atoms with van der Waals surface area (Å²) in [5.74, 6) is -0.0637. The predicted molar refractivity (Wildman–Crippen MR) is 108 cm³/mol. The summed E-state index contributed by atoms with van der Waals surface area (Å²) in [5.41, 5.74) is 0.527. The largest absolute Gasteiger partial charge is 0.348 e. The molecule has 2 aliphatic rings. The van der Waals surface area contributed by atoms with E-state index in [2.05, 4.69) is 5.32 Å². The lowest BCUT2D eigenvalue weighted by atomic mass is 9.96. The van der Waals surface area contributed by atoms with Crippen molar-refractivity contribution in [3.63, 3.8) is 0 Å². The molecule has 2 heterocycles. The number of carbonyl (C=O) groups is 3. The normalized spacial score (nSPS) is 23.3. The van der Waals surface area contributed by atoms with Crippen LogP contribution < -0.4 is 5.32 Å². The van der Waals surface area contributed by atoms with E-state index in [9.17, 15) is 14.4 Å². The molecule has 2 aliphatic heterocycles. The third-order valence-corrected chi connectivity index (χ3v) is 5.87. The SMILES string of the molecule is CCN1CC(C(=O)N2CCCCC(NC(=O)c3cccc(Cl)c3)C2)CCC1=O. The van der Waals surface area contributed by atoms with Gasteiger partial charge in [0.2, 0.25) is 11.8 Å². The lowest BCUT2D eigenvalue weighted by molar-refractivity contribution is -0.143. The number of benzene rings is 1. The second-order valence-electron chi connectivity index (χ2n) is 7.63. The molecular weight excluding hydrogens is 378 g/mol. The minimum absolute atomic E-state index is 0.0783. The van der Waals surface area contributed by atoms with Crippen molar-refractivity contribution in [3.8, 4) is 0 Å². The van der Waals surface area contributed by atoms with Gasteiger partial charge in [0.25, 0.3) is 5.91 Å². The molecule has 2 unspecified atom stereocenters. The van der Waals surface area contributed by atoms with Crippen LogP contribution in [-0.2, 0) is 9.59 Å². The Morgan fingerprint density at radius 2 is 2.04 bits per heavy atom. The highest BCUT2D eigenvalue weighted by molar-refractivity contribution is 6.30. The highest BCUT2D eigenvalue weighted by Gasteiger charge is 2.33. The zero-order valence-electron chi connectivity index (χ0n) is 16.3. The van der Waals surface area contributed by atoms with Gasteiger partial charge in [-0.3, -0.25) is 14.4 Å². The van der Waals surface area contributed by atoms with Gasteiger partial charge < -0.3 is 15.1 Å². The summed E-state index contributed by atoms with van der Waals surface area (Å²) in [7, 11) is 0. The van der Waals surface area contributed by atoms with E-state index in [-0.39, 0.29) is 29.7 Å². The van der Waals surface area contributed by atoms with Crippen molar-refractivity contribution < 1.29 is 14.4 Å². The molecule has 7 heteroatoms. The molecule has 1 N–H and O–H groups in total. The maximum Gasteiger partial charge on any atom is 0.251 e. The fraction of sp³-hybridized carbons (Fsp3) is 0.571. The Labute approximate surface area is 171 Å². The second-order valence-corrected chi connectivity index (χ2v) is 8.07. The van der Waals surface area contributed by atoms with E-state index < -0.39 is 0 Å². The zero-order chi connectivity index (χ0) is 20.1. The maximum absolute atomic E-state index is 13.1. The molecule has 2 saturated heterocycles. The molecule has 3 rings (SSSR count). The van der Waals surface area contributed by atoms with Crippen LogP contribution in [0.3, 0.4) is 0 Å². The monoisotopic (exact) mass is 405 g/mol. The van der Waals surface area contributed by atoms with Gasteiger partial charge in [-0.25, -0.2) is 0 Å². The van der Waals surface area contributed by atoms with Crippen molar-refractivity contribution in [2.45, 2.75) is 45.1 Å². The molecule has 0 bridgehead atoms. The number of hydrogen-bond acceptors (Lipinski definition) is 3. The van der Waals surface area contributed by atoms with Crippen molar-refractivity contribution in [2.75, 3.05) is 26.2 Å². The van der Waals surface area contributed by atoms with Gasteiger partial charge in [0.1, 0.15) is 0 Å². The molecular formula is C21H28ClN3O3. The molecule has 28 heavy (non-hydrogen) atoms. The number of carbonyl (C=O) groups excluding carboxylic acids is 3. The minimum Gasteiger partial charge on any atom is -0.348 e. The molecule has 2 atom stereocenters. The van der Waals surface area contributed by atoms with Crippen LogP contribution >= 0.6 is 11.6 Å². The van der Waals surface area contributed by atoms with Crippen LogP contribution in [0.1, 0.15) is 49.4 Å². The molecule has 2 fully saturated rings. The molecule has 152 valence electrons. The van der Waals surface area contributed by atoms with E-state index in [1.807, 2.05) is 11.8 Å². The van der Waals surface area contributed by atoms with E-state index >= 15 is 0 Å². The summed E-state index contributed by atoms with van der Waals surface area (Å²) in [6.45, 7) is 4.31. The lowest BCUT2D eigenvalue weighted by Gasteiger charge is -2.35. The lowest BCUT2D eigenvalue weighted by Crippen LogP contribution is -2.50. The summed E-state index contributed by atoms with van der Waals surface area (Å²) in [5, 5.41) is 3.59. The topological polar surface area (TPSA) is 69.7 Å². The second kappa shape index (κ2) is 9.41. The van der Waals surface area contributed by atoms with Crippen LogP contribution in [0.5, 0.6) is 0 Å². The summed E-state index contributed by atoms with van der Waals surface area (Å²) in [6, 6.07) is 6.79. The van der Waals surface area contributed by atoms with Crippen molar-refractivity contribution in [1.82, 2.24) is 15.1 Å². The number of hydrogen-bond donors (Lipinski definition) is 1. The number of rotatable bonds is 4. The van der Waals surface area contributed by atoms with Gasteiger partial charge in [-0.15, -0.1) is 0 Å². The fourth-order valence-electron chi connectivity index (χ4n) is 4.04. The van der Waals surface area contributed by atoms with Crippen molar-refractivity contribution >= 4 is 29.3 Å². The van der Waals surface area contributed by atoms with E-state index in [1.54, 1.807) is 29.2 Å². The molecule has 1 aromatic carbocycles. The Bertz CT molecular complexity index is 739. The Hall–Kier alpha value is -2.08. The molecule has 0 spiro atoms. The maximum atomic E-state index is 13.1. The van der Waals surface area contributed by atoms with Crippen LogP contribution in [0.25, 0.3) is 0 Å². The Balaban J connectivity index is 1.62. The van der Waals surface area contributed by atoms with Gasteiger partial charge >= 0.3 is 0 Å². The molecule has 0 radical (unpaired) electrons. The molecule has 6 nitrogen and oxygen atoms in total. The Kier molecular flexibility index (Phi) is 6.94. The molecule has 0 aliphatic carbocycles. The van der Waals surface area contributed by atoms with E-state index in [0.717, 1.165) is 19.3 Å². The quantitative estimate of drug-likeness (QED) is 0.837. The average Bonchev–Trinajstić information content (AvgIpc) is 2.93. The van der Waals surface area contributed by atoms with Gasteiger partial charge in [-0.1, -0.05) is 17.7 Å². The Morgan fingerprint density at radius 3 is 2.79 bits per heavy atom. The predicted octanol–water partition coefficient (Wildman–Crippen LogP) is 2.71. The smallest absolute Gasteiger partial charge is 0.251 e. The van der Waals surface area contributed by atoms with E-state index in [0.29, 0.717) is 49.6 Å². The number of halogens is 1. The van der Waals surface area contributed by atoms with Crippen LogP contribution in [-0.4, -0.2) is 59.7 Å². The van der Waals surface area contributed by atoms with Gasteiger partial charge in [-0.2, -0.15) is 0 Å². The summed E-state index contributed by atoms with van der Waals surface area (Å²) in [6.07, 6.45) is 3.80. The van der Waals surface area contributed by atoms with Crippen molar-refractivity contribution in [1.29, 1.82) is 0 Å². The number of amides is 3. The number of likely N-dealkylation sites (tertiary alicyclic amines) is 2. The first kappa shape index (κ1) is 20.6. The van der Waals surface area contributed by atoms with Crippen LogP contribution in [0.2, 0.25) is 5.02 Å². The summed E-state index contributed by atoms with van der Waals surface area (Å²) in [4.78, 5) is 41.2. The standard InChI is InChI=1S/C21H28ClN3O3/c1-2-24-13-16(9-10-19(24)26)21(28)25-11-4-3-8-18(14-25)23-20(27)15-6-5-7-17(22)12-15/h5-7,12,16,18H,2-4,8-11,13-14H2,1H3,(H,23,27). The van der Waals surface area contributed by atoms with Gasteiger partial charge in [-0.05, 0) is 50.8 Å². The number of piperidine rings is 1. The van der Waals surface area contributed by atoms with Crippen LogP contribution in [0.4, 0.5) is 0 Å². The van der Waals surface area contributed by atoms with Crippen molar-refractivity contribution in [2.24, 2.45) is 5.92 Å². The summed E-state index contributed by atoms with van der Waals surface area (Å²) >= 11 is 5.98. The fourth-order valence-corrected chi connectivity index (χ4v) is 4.23. The van der Waals surface area contributed by atoms with E-state index in [1.165, 1.54) is 0 Å². The summed E-state index contributed by atoms with van der Waals surface area (Å²) < 4.78 is 0. The third kappa shape index (κ3) is 5.04. The molecule has 1 aromatic rings. The minimum atomic E-state index is -0.165. The Morgan fingerprint density at radius 1 is 1.21 bits per heavy atom. The van der Waals surface area contributed by atoms with Gasteiger partial charge in [0, 0.05) is 49.2 Å². The van der Waals surface area contributed by atoms with Gasteiger partial charge in [0.05, 0.1) is 5.92 Å². The number of nitrogens with one attached hydrogen (secondary N) is 1. The first-order valence-corrected chi connectivity index (χ1v) is 10.5. The third-order valence-electron chi connectivity index (χ3n) is 5.64. The molecule has 0 saturated carbocycles.